The van der Waals surface area contributed by atoms with E-state index in [0.717, 1.165) is 51.4 Å². The molecule has 1 aromatic rings. The van der Waals surface area contributed by atoms with Gasteiger partial charge in [-0.2, -0.15) is 13.2 Å². The molecular formula is C19H29F3N4O2. The standard InChI is InChI=1S/C19H29F3N4O2/c1-2-16(28-17-6-3-5-15(13-17)19(20,21)22)14-25-18(23)24-7-4-8-26-9-11-27-12-10-26/h3,5-6,13,16H,2,4,7-12,14H2,1H3,(H3,23,24,25). The van der Waals surface area contributed by atoms with Gasteiger partial charge in [0.1, 0.15) is 11.9 Å². The molecule has 0 aliphatic carbocycles. The molecule has 1 aliphatic heterocycles. The smallest absolute Gasteiger partial charge is 0.416 e. The minimum absolute atomic E-state index is 0.175. The highest BCUT2D eigenvalue weighted by Crippen LogP contribution is 2.31. The first kappa shape index (κ1) is 22.3. The van der Waals surface area contributed by atoms with E-state index in [4.69, 9.17) is 15.2 Å². The third-order valence-electron chi connectivity index (χ3n) is 4.45. The maximum Gasteiger partial charge on any atom is 0.416 e. The number of halogens is 3. The van der Waals surface area contributed by atoms with Crippen LogP contribution in [-0.2, 0) is 10.9 Å². The van der Waals surface area contributed by atoms with Crippen LogP contribution in [0, 0.1) is 0 Å². The minimum Gasteiger partial charge on any atom is -0.488 e. The third-order valence-corrected chi connectivity index (χ3v) is 4.45. The molecule has 28 heavy (non-hydrogen) atoms. The van der Waals surface area contributed by atoms with Crippen molar-refractivity contribution in [3.63, 3.8) is 0 Å². The van der Waals surface area contributed by atoms with Crippen molar-refractivity contribution in [1.29, 1.82) is 0 Å². The van der Waals surface area contributed by atoms with E-state index in [9.17, 15) is 13.2 Å². The Morgan fingerprint density at radius 1 is 1.36 bits per heavy atom. The van der Waals surface area contributed by atoms with Crippen molar-refractivity contribution in [2.45, 2.75) is 32.0 Å². The molecule has 1 heterocycles. The summed E-state index contributed by atoms with van der Waals surface area (Å²) in [5.41, 5.74) is 5.14. The van der Waals surface area contributed by atoms with Crippen LogP contribution in [0.1, 0.15) is 25.3 Å². The van der Waals surface area contributed by atoms with Crippen LogP contribution in [0.3, 0.4) is 0 Å². The van der Waals surface area contributed by atoms with E-state index in [1.54, 1.807) is 0 Å². The summed E-state index contributed by atoms with van der Waals surface area (Å²) in [6.07, 6.45) is -3.20. The summed E-state index contributed by atoms with van der Waals surface area (Å²) in [4.78, 5) is 6.59. The molecule has 1 unspecified atom stereocenters. The maximum atomic E-state index is 12.8. The van der Waals surface area contributed by atoms with Gasteiger partial charge in [0.2, 0.25) is 0 Å². The highest BCUT2D eigenvalue weighted by molar-refractivity contribution is 5.77. The number of nitrogens with two attached hydrogens (primary N) is 1. The number of ether oxygens (including phenoxy) is 2. The number of hydrogen-bond acceptors (Lipinski definition) is 4. The SMILES string of the molecule is CCC(CN=C(N)NCCCN1CCOCC1)Oc1cccc(C(F)(F)F)c1. The van der Waals surface area contributed by atoms with Crippen LogP contribution in [0.2, 0.25) is 0 Å². The Balaban J connectivity index is 1.74. The monoisotopic (exact) mass is 402 g/mol. The molecule has 2 rings (SSSR count). The topological polar surface area (TPSA) is 72.1 Å². The van der Waals surface area contributed by atoms with Crippen molar-refractivity contribution >= 4 is 5.96 Å². The summed E-state index contributed by atoms with van der Waals surface area (Å²) in [5.74, 6) is 0.488. The van der Waals surface area contributed by atoms with E-state index in [-0.39, 0.29) is 18.4 Å². The highest BCUT2D eigenvalue weighted by atomic mass is 19.4. The molecule has 0 bridgehead atoms. The Morgan fingerprint density at radius 2 is 2.11 bits per heavy atom. The van der Waals surface area contributed by atoms with Gasteiger partial charge >= 0.3 is 6.18 Å². The van der Waals surface area contributed by atoms with Gasteiger partial charge < -0.3 is 20.5 Å². The molecule has 1 saturated heterocycles. The Hall–Kier alpha value is -2.00. The quantitative estimate of drug-likeness (QED) is 0.377. The van der Waals surface area contributed by atoms with Crippen molar-refractivity contribution < 1.29 is 22.6 Å². The van der Waals surface area contributed by atoms with Gasteiger partial charge in [-0.1, -0.05) is 13.0 Å². The lowest BCUT2D eigenvalue weighted by molar-refractivity contribution is -0.137. The summed E-state index contributed by atoms with van der Waals surface area (Å²) in [5, 5.41) is 3.06. The highest BCUT2D eigenvalue weighted by Gasteiger charge is 2.30. The number of morpholine rings is 1. The van der Waals surface area contributed by atoms with Gasteiger partial charge in [0.25, 0.3) is 0 Å². The van der Waals surface area contributed by atoms with Crippen molar-refractivity contribution in [3.8, 4) is 5.75 Å². The zero-order valence-corrected chi connectivity index (χ0v) is 16.2. The zero-order valence-electron chi connectivity index (χ0n) is 16.2. The average molecular weight is 402 g/mol. The first-order valence-corrected chi connectivity index (χ1v) is 9.56. The third kappa shape index (κ3) is 7.93. The van der Waals surface area contributed by atoms with Gasteiger partial charge in [-0.25, -0.2) is 4.99 Å². The first-order chi connectivity index (χ1) is 13.4. The average Bonchev–Trinajstić information content (AvgIpc) is 2.69. The predicted molar refractivity (Wildman–Crippen MR) is 103 cm³/mol. The van der Waals surface area contributed by atoms with Crippen molar-refractivity contribution in [2.75, 3.05) is 45.9 Å². The van der Waals surface area contributed by atoms with Gasteiger partial charge in [0.05, 0.1) is 25.3 Å². The number of nitrogens with zero attached hydrogens (tertiary/aromatic N) is 2. The van der Waals surface area contributed by atoms with Crippen LogP contribution < -0.4 is 15.8 Å². The fourth-order valence-electron chi connectivity index (χ4n) is 2.79. The van der Waals surface area contributed by atoms with E-state index in [0.29, 0.717) is 18.9 Å². The number of alkyl halides is 3. The molecule has 1 fully saturated rings. The fraction of sp³-hybridized carbons (Fsp3) is 0.632. The molecule has 3 N–H and O–H groups in total. The van der Waals surface area contributed by atoms with Crippen LogP contribution in [-0.4, -0.2) is 62.9 Å². The first-order valence-electron chi connectivity index (χ1n) is 9.56. The summed E-state index contributed by atoms with van der Waals surface area (Å²) >= 11 is 0. The van der Waals surface area contributed by atoms with Gasteiger partial charge in [-0.05, 0) is 37.6 Å². The number of guanidine groups is 1. The van der Waals surface area contributed by atoms with E-state index >= 15 is 0 Å². The van der Waals surface area contributed by atoms with Crippen molar-refractivity contribution in [1.82, 2.24) is 10.2 Å². The number of nitrogens with one attached hydrogen (secondary N) is 1. The lowest BCUT2D eigenvalue weighted by atomic mass is 10.2. The summed E-state index contributed by atoms with van der Waals surface area (Å²) in [7, 11) is 0. The Kier molecular flexibility index (Phi) is 8.85. The van der Waals surface area contributed by atoms with Gasteiger partial charge in [-0.15, -0.1) is 0 Å². The molecule has 158 valence electrons. The van der Waals surface area contributed by atoms with Crippen LogP contribution in [0.15, 0.2) is 29.3 Å². The summed E-state index contributed by atoms with van der Waals surface area (Å²) < 4.78 is 49.3. The second-order valence-electron chi connectivity index (χ2n) is 6.63. The van der Waals surface area contributed by atoms with Crippen molar-refractivity contribution in [3.05, 3.63) is 29.8 Å². The molecule has 6 nitrogen and oxygen atoms in total. The van der Waals surface area contributed by atoms with Crippen LogP contribution in [0.4, 0.5) is 13.2 Å². The normalized spacial score (nSPS) is 17.4. The minimum atomic E-state index is -4.39. The lowest BCUT2D eigenvalue weighted by Crippen LogP contribution is -2.39. The second kappa shape index (κ2) is 11.1. The van der Waals surface area contributed by atoms with E-state index in [1.807, 2.05) is 6.92 Å². The van der Waals surface area contributed by atoms with Gasteiger partial charge in [0, 0.05) is 19.6 Å². The molecule has 0 saturated carbocycles. The van der Waals surface area contributed by atoms with Gasteiger partial charge in [0.15, 0.2) is 5.96 Å². The Morgan fingerprint density at radius 3 is 2.79 bits per heavy atom. The number of hydrogen-bond donors (Lipinski definition) is 2. The molecule has 9 heteroatoms. The molecular weight excluding hydrogens is 373 g/mol. The largest absolute Gasteiger partial charge is 0.488 e. The van der Waals surface area contributed by atoms with Gasteiger partial charge in [-0.3, -0.25) is 4.90 Å². The molecule has 0 radical (unpaired) electrons. The number of benzene rings is 1. The van der Waals surface area contributed by atoms with E-state index in [1.165, 1.54) is 12.1 Å². The Bertz CT molecular complexity index is 619. The molecule has 0 aromatic heterocycles. The van der Waals surface area contributed by atoms with Crippen LogP contribution >= 0.6 is 0 Å². The number of rotatable bonds is 9. The second-order valence-corrected chi connectivity index (χ2v) is 6.63. The Labute approximate surface area is 163 Å². The van der Waals surface area contributed by atoms with Crippen LogP contribution in [0.25, 0.3) is 0 Å². The molecule has 0 amide bonds. The van der Waals surface area contributed by atoms with E-state index in [2.05, 4.69) is 15.2 Å². The summed E-state index contributed by atoms with van der Waals surface area (Å²) in [6.45, 7) is 7.30. The zero-order chi connectivity index (χ0) is 20.4. The summed E-state index contributed by atoms with van der Waals surface area (Å²) in [6, 6.07) is 4.86. The molecule has 0 spiro atoms. The van der Waals surface area contributed by atoms with E-state index < -0.39 is 11.7 Å². The van der Waals surface area contributed by atoms with Crippen LogP contribution in [0.5, 0.6) is 5.75 Å². The van der Waals surface area contributed by atoms with Crippen molar-refractivity contribution in [2.24, 2.45) is 10.7 Å². The lowest BCUT2D eigenvalue weighted by Gasteiger charge is -2.26. The predicted octanol–water partition coefficient (Wildman–Crippen LogP) is 2.49. The fourth-order valence-corrected chi connectivity index (χ4v) is 2.79. The number of aliphatic imine (C=N–C) groups is 1. The molecule has 1 atom stereocenters. The maximum absolute atomic E-state index is 12.8. The molecule has 1 aliphatic rings. The molecule has 1 aromatic carbocycles.